The van der Waals surface area contributed by atoms with Crippen LogP contribution in [0.2, 0.25) is 0 Å². The largest absolute Gasteiger partial charge is 0.350 e. The molecule has 1 aliphatic rings. The van der Waals surface area contributed by atoms with Crippen molar-refractivity contribution in [2.75, 3.05) is 13.1 Å². The zero-order chi connectivity index (χ0) is 17.2. The number of carbonyl (C=O) groups is 1. The maximum absolute atomic E-state index is 12.6. The van der Waals surface area contributed by atoms with E-state index in [4.69, 9.17) is 0 Å². The minimum atomic E-state index is -0.00189. The van der Waals surface area contributed by atoms with Crippen molar-refractivity contribution < 1.29 is 4.79 Å². The lowest BCUT2D eigenvalue weighted by molar-refractivity contribution is 0.0934. The molecule has 0 saturated heterocycles. The number of pyridine rings is 1. The van der Waals surface area contributed by atoms with Gasteiger partial charge in [-0.05, 0) is 42.7 Å². The van der Waals surface area contributed by atoms with Gasteiger partial charge in [-0.15, -0.1) is 0 Å². The zero-order valence-corrected chi connectivity index (χ0v) is 14.5. The van der Waals surface area contributed by atoms with Gasteiger partial charge in [0.1, 0.15) is 0 Å². The summed E-state index contributed by atoms with van der Waals surface area (Å²) in [6, 6.07) is 16.7. The molecule has 4 rings (SSSR count). The number of aromatic nitrogens is 1. The molecule has 3 heterocycles. The third-order valence-corrected chi connectivity index (χ3v) is 5.15. The van der Waals surface area contributed by atoms with Gasteiger partial charge < -0.3 is 9.72 Å². The van der Waals surface area contributed by atoms with E-state index < -0.39 is 0 Å². The zero-order valence-electron chi connectivity index (χ0n) is 14.5. The van der Waals surface area contributed by atoms with Gasteiger partial charge in [0.05, 0.1) is 11.1 Å². The minimum absolute atomic E-state index is 0.00189. The van der Waals surface area contributed by atoms with Crippen LogP contribution >= 0.6 is 0 Å². The van der Waals surface area contributed by atoms with Gasteiger partial charge in [-0.2, -0.15) is 0 Å². The summed E-state index contributed by atoms with van der Waals surface area (Å²) in [6.45, 7) is 4.85. The van der Waals surface area contributed by atoms with Crippen LogP contribution in [0.5, 0.6) is 0 Å². The molecular formula is C21H23N3O. The van der Waals surface area contributed by atoms with Crippen LogP contribution in [0.4, 0.5) is 0 Å². The number of nitrogens with one attached hydrogen (secondary N) is 1. The molecule has 1 amide bonds. The van der Waals surface area contributed by atoms with E-state index >= 15 is 0 Å². The quantitative estimate of drug-likeness (QED) is 0.796. The number of fused-ring (bicyclic) bond motifs is 2. The number of amides is 1. The SMILES string of the molecule is CC(CNC(=O)c1ccn2ccccc12)N1CCc2ccccc2C1. The molecule has 0 saturated carbocycles. The highest BCUT2D eigenvalue weighted by atomic mass is 16.1. The van der Waals surface area contributed by atoms with Crippen LogP contribution in [0.15, 0.2) is 60.9 Å². The molecule has 1 N–H and O–H groups in total. The fraction of sp³-hybridized carbons (Fsp3) is 0.286. The van der Waals surface area contributed by atoms with Crippen LogP contribution in [0, 0.1) is 0 Å². The van der Waals surface area contributed by atoms with E-state index in [-0.39, 0.29) is 5.91 Å². The van der Waals surface area contributed by atoms with E-state index in [0.717, 1.165) is 30.6 Å². The predicted octanol–water partition coefficient (Wildman–Crippen LogP) is 3.12. The first-order chi connectivity index (χ1) is 12.2. The molecule has 1 aromatic carbocycles. The maximum Gasteiger partial charge on any atom is 0.253 e. The van der Waals surface area contributed by atoms with Crippen LogP contribution in [0.25, 0.3) is 5.52 Å². The molecule has 3 aromatic rings. The second-order valence-corrected chi connectivity index (χ2v) is 6.77. The number of rotatable bonds is 4. The maximum atomic E-state index is 12.6. The van der Waals surface area contributed by atoms with Gasteiger partial charge in [0.25, 0.3) is 5.91 Å². The predicted molar refractivity (Wildman–Crippen MR) is 99.7 cm³/mol. The Morgan fingerprint density at radius 3 is 2.76 bits per heavy atom. The van der Waals surface area contributed by atoms with Crippen LogP contribution in [-0.4, -0.2) is 34.3 Å². The molecule has 25 heavy (non-hydrogen) atoms. The fourth-order valence-corrected chi connectivity index (χ4v) is 3.61. The molecule has 1 atom stereocenters. The first-order valence-corrected chi connectivity index (χ1v) is 8.87. The van der Waals surface area contributed by atoms with Crippen molar-refractivity contribution >= 4 is 11.4 Å². The number of carbonyl (C=O) groups excluding carboxylic acids is 1. The fourth-order valence-electron chi connectivity index (χ4n) is 3.61. The Morgan fingerprint density at radius 2 is 1.88 bits per heavy atom. The van der Waals surface area contributed by atoms with Crippen LogP contribution in [0.1, 0.15) is 28.4 Å². The van der Waals surface area contributed by atoms with Crippen LogP contribution < -0.4 is 5.32 Å². The molecular weight excluding hydrogens is 310 g/mol. The number of benzene rings is 1. The highest BCUT2D eigenvalue weighted by molar-refractivity contribution is 6.01. The topological polar surface area (TPSA) is 36.8 Å². The molecule has 128 valence electrons. The molecule has 0 aliphatic carbocycles. The lowest BCUT2D eigenvalue weighted by Gasteiger charge is -2.33. The first kappa shape index (κ1) is 15.9. The smallest absolute Gasteiger partial charge is 0.253 e. The van der Waals surface area contributed by atoms with E-state index in [1.54, 1.807) is 0 Å². The summed E-state index contributed by atoms with van der Waals surface area (Å²) in [5, 5.41) is 3.10. The third kappa shape index (κ3) is 3.17. The average molecular weight is 333 g/mol. The number of hydrogen-bond acceptors (Lipinski definition) is 2. The Balaban J connectivity index is 1.39. The van der Waals surface area contributed by atoms with E-state index in [2.05, 4.69) is 41.4 Å². The minimum Gasteiger partial charge on any atom is -0.350 e. The normalized spacial score (nSPS) is 15.7. The van der Waals surface area contributed by atoms with Crippen molar-refractivity contribution in [1.29, 1.82) is 0 Å². The standard InChI is InChI=1S/C21H23N3O/c1-16(24-12-9-17-6-2-3-7-18(17)15-24)14-22-21(25)19-10-13-23-11-5-4-8-20(19)23/h2-8,10-11,13,16H,9,12,14-15H2,1H3,(H,22,25). The molecule has 0 spiro atoms. The van der Waals surface area contributed by atoms with Crippen molar-refractivity contribution in [3.63, 3.8) is 0 Å². The van der Waals surface area contributed by atoms with Gasteiger partial charge in [0.15, 0.2) is 0 Å². The summed E-state index contributed by atoms with van der Waals surface area (Å²) in [7, 11) is 0. The summed E-state index contributed by atoms with van der Waals surface area (Å²) in [4.78, 5) is 15.0. The number of hydrogen-bond donors (Lipinski definition) is 1. The molecule has 2 aromatic heterocycles. The molecule has 1 unspecified atom stereocenters. The molecule has 0 fully saturated rings. The summed E-state index contributed by atoms with van der Waals surface area (Å²) in [5.74, 6) is -0.00189. The molecule has 0 radical (unpaired) electrons. The first-order valence-electron chi connectivity index (χ1n) is 8.87. The van der Waals surface area contributed by atoms with E-state index in [1.165, 1.54) is 11.1 Å². The van der Waals surface area contributed by atoms with E-state index in [0.29, 0.717) is 12.6 Å². The van der Waals surface area contributed by atoms with Gasteiger partial charge in [-0.25, -0.2) is 0 Å². The number of nitrogens with zero attached hydrogens (tertiary/aromatic N) is 2. The average Bonchev–Trinajstić information content (AvgIpc) is 3.09. The van der Waals surface area contributed by atoms with E-state index in [9.17, 15) is 4.79 Å². The third-order valence-electron chi connectivity index (χ3n) is 5.15. The van der Waals surface area contributed by atoms with Crippen molar-refractivity contribution in [2.45, 2.75) is 25.9 Å². The summed E-state index contributed by atoms with van der Waals surface area (Å²) in [6.07, 6.45) is 4.97. The Bertz CT molecular complexity index is 899. The van der Waals surface area contributed by atoms with Gasteiger partial charge in [0.2, 0.25) is 0 Å². The summed E-state index contributed by atoms with van der Waals surface area (Å²) >= 11 is 0. The summed E-state index contributed by atoms with van der Waals surface area (Å²) < 4.78 is 1.97. The Kier molecular flexibility index (Phi) is 4.28. The van der Waals surface area contributed by atoms with Crippen molar-refractivity contribution in [2.24, 2.45) is 0 Å². The van der Waals surface area contributed by atoms with Crippen LogP contribution in [-0.2, 0) is 13.0 Å². The van der Waals surface area contributed by atoms with Gasteiger partial charge in [0, 0.05) is 38.1 Å². The Morgan fingerprint density at radius 1 is 1.08 bits per heavy atom. The molecule has 4 heteroatoms. The second-order valence-electron chi connectivity index (χ2n) is 6.77. The summed E-state index contributed by atoms with van der Waals surface area (Å²) in [5.41, 5.74) is 4.54. The van der Waals surface area contributed by atoms with Crippen LogP contribution in [0.3, 0.4) is 0 Å². The lowest BCUT2D eigenvalue weighted by atomic mass is 9.99. The second kappa shape index (κ2) is 6.73. The molecule has 1 aliphatic heterocycles. The van der Waals surface area contributed by atoms with Crippen molar-refractivity contribution in [3.8, 4) is 0 Å². The van der Waals surface area contributed by atoms with Gasteiger partial charge in [-0.1, -0.05) is 30.3 Å². The molecule has 4 nitrogen and oxygen atoms in total. The highest BCUT2D eigenvalue weighted by Gasteiger charge is 2.21. The Hall–Kier alpha value is -2.59. The monoisotopic (exact) mass is 333 g/mol. The lowest BCUT2D eigenvalue weighted by Crippen LogP contribution is -2.44. The van der Waals surface area contributed by atoms with Gasteiger partial charge in [-0.3, -0.25) is 9.69 Å². The van der Waals surface area contributed by atoms with Crippen molar-refractivity contribution in [3.05, 3.63) is 77.6 Å². The highest BCUT2D eigenvalue weighted by Crippen LogP contribution is 2.20. The van der Waals surface area contributed by atoms with Crippen molar-refractivity contribution in [1.82, 2.24) is 14.6 Å². The Labute approximate surface area is 148 Å². The van der Waals surface area contributed by atoms with Gasteiger partial charge >= 0.3 is 0 Å². The molecule has 0 bridgehead atoms. The van der Waals surface area contributed by atoms with E-state index in [1.807, 2.05) is 41.1 Å².